The summed E-state index contributed by atoms with van der Waals surface area (Å²) in [5, 5.41) is 0. The third-order valence-corrected chi connectivity index (χ3v) is 9.20. The average molecular weight is 637 g/mol. The largest absolute Gasteiger partial charge is 0.493 e. The number of carbonyl (C=O) groups is 1. The standard InChI is InChI=1S/C39H40O8/c1-37(2)34-17-30(46-36(40)27-7-11-29(12-8-27)44-25-39(4)22-42-23-39)13-15-32(34)33-16-14-31(18-35(33)37)47-45-19-26-5-9-28(10-6-26)43-24-38(3)20-41-21-38/h5-18H,19-25H2,1-4H3. The Morgan fingerprint density at radius 2 is 1.13 bits per heavy atom. The predicted octanol–water partition coefficient (Wildman–Crippen LogP) is 7.55. The molecule has 0 saturated carbocycles. The van der Waals surface area contributed by atoms with Crippen molar-refractivity contribution in [2.75, 3.05) is 39.6 Å². The van der Waals surface area contributed by atoms with Crippen LogP contribution in [0.3, 0.4) is 0 Å². The monoisotopic (exact) mass is 636 g/mol. The topological polar surface area (TPSA) is 81.7 Å². The molecule has 0 atom stereocenters. The summed E-state index contributed by atoms with van der Waals surface area (Å²) < 4.78 is 28.2. The van der Waals surface area contributed by atoms with Crippen LogP contribution >= 0.6 is 0 Å². The van der Waals surface area contributed by atoms with E-state index in [1.807, 2.05) is 54.6 Å². The van der Waals surface area contributed by atoms with Crippen molar-refractivity contribution in [2.24, 2.45) is 10.8 Å². The van der Waals surface area contributed by atoms with Gasteiger partial charge in [-0.25, -0.2) is 4.79 Å². The second-order valence-corrected chi connectivity index (χ2v) is 14.1. The highest BCUT2D eigenvalue weighted by Gasteiger charge is 2.37. The minimum atomic E-state index is -0.419. The number of hydrogen-bond acceptors (Lipinski definition) is 8. The van der Waals surface area contributed by atoms with Crippen molar-refractivity contribution in [3.8, 4) is 34.1 Å². The number of fused-ring (bicyclic) bond motifs is 3. The molecule has 2 saturated heterocycles. The Labute approximate surface area is 275 Å². The van der Waals surface area contributed by atoms with Gasteiger partial charge in [0, 0.05) is 16.2 Å². The molecular formula is C39H40O8. The Hall–Kier alpha value is -4.37. The normalized spacial score (nSPS) is 17.8. The fourth-order valence-electron chi connectivity index (χ4n) is 6.09. The van der Waals surface area contributed by atoms with E-state index in [9.17, 15) is 4.79 Å². The molecule has 3 aliphatic rings. The zero-order chi connectivity index (χ0) is 32.6. The maximum absolute atomic E-state index is 13.0. The van der Waals surface area contributed by atoms with Crippen molar-refractivity contribution in [2.45, 2.75) is 39.7 Å². The third-order valence-electron chi connectivity index (χ3n) is 9.20. The fraction of sp³-hybridized carbons (Fsp3) is 0.359. The molecule has 47 heavy (non-hydrogen) atoms. The fourth-order valence-corrected chi connectivity index (χ4v) is 6.09. The molecule has 2 aliphatic heterocycles. The van der Waals surface area contributed by atoms with Gasteiger partial charge >= 0.3 is 5.97 Å². The van der Waals surface area contributed by atoms with Crippen LogP contribution < -0.4 is 19.1 Å². The van der Waals surface area contributed by atoms with E-state index in [-0.39, 0.29) is 16.2 Å². The molecule has 0 spiro atoms. The molecule has 1 aliphatic carbocycles. The zero-order valence-corrected chi connectivity index (χ0v) is 27.3. The van der Waals surface area contributed by atoms with Crippen LogP contribution in [0.4, 0.5) is 0 Å². The highest BCUT2D eigenvalue weighted by atomic mass is 17.2. The van der Waals surface area contributed by atoms with E-state index in [1.165, 1.54) is 0 Å². The van der Waals surface area contributed by atoms with Gasteiger partial charge in [0.05, 0.1) is 45.2 Å². The van der Waals surface area contributed by atoms with Gasteiger partial charge in [-0.2, -0.15) is 4.89 Å². The molecular weight excluding hydrogens is 596 g/mol. The second kappa shape index (κ2) is 12.3. The van der Waals surface area contributed by atoms with Crippen LogP contribution in [0.5, 0.6) is 23.0 Å². The summed E-state index contributed by atoms with van der Waals surface area (Å²) in [6.45, 7) is 13.0. The van der Waals surface area contributed by atoms with Crippen LogP contribution in [0.1, 0.15) is 54.7 Å². The first-order valence-electron chi connectivity index (χ1n) is 16.0. The van der Waals surface area contributed by atoms with Gasteiger partial charge in [-0.05, 0) is 88.5 Å². The number of hydrogen-bond donors (Lipinski definition) is 0. The lowest BCUT2D eigenvalue weighted by Gasteiger charge is -2.37. The average Bonchev–Trinajstić information content (AvgIpc) is 3.27. The summed E-state index contributed by atoms with van der Waals surface area (Å²) >= 11 is 0. The summed E-state index contributed by atoms with van der Waals surface area (Å²) in [5.74, 6) is 2.23. The van der Waals surface area contributed by atoms with Crippen molar-refractivity contribution >= 4 is 5.97 Å². The highest BCUT2D eigenvalue weighted by molar-refractivity contribution is 5.91. The first-order valence-corrected chi connectivity index (χ1v) is 16.0. The summed E-state index contributed by atoms with van der Waals surface area (Å²) in [6.07, 6.45) is 0. The summed E-state index contributed by atoms with van der Waals surface area (Å²) in [7, 11) is 0. The number of carbonyl (C=O) groups excluding carboxylic acids is 1. The van der Waals surface area contributed by atoms with Gasteiger partial charge in [0.2, 0.25) is 0 Å². The molecule has 4 aromatic rings. The molecule has 2 heterocycles. The Kier molecular flexibility index (Phi) is 8.20. The van der Waals surface area contributed by atoms with Crippen LogP contribution in [0.2, 0.25) is 0 Å². The van der Waals surface area contributed by atoms with Crippen LogP contribution in [0, 0.1) is 10.8 Å². The lowest BCUT2D eigenvalue weighted by atomic mass is 9.82. The zero-order valence-electron chi connectivity index (χ0n) is 27.3. The van der Waals surface area contributed by atoms with E-state index in [0.29, 0.717) is 55.8 Å². The number of esters is 1. The Bertz CT molecular complexity index is 1750. The maximum atomic E-state index is 13.0. The van der Waals surface area contributed by atoms with Crippen molar-refractivity contribution in [3.63, 3.8) is 0 Å². The van der Waals surface area contributed by atoms with E-state index in [0.717, 1.165) is 46.8 Å². The van der Waals surface area contributed by atoms with Gasteiger partial charge in [0.15, 0.2) is 5.75 Å². The van der Waals surface area contributed by atoms with Crippen LogP contribution in [-0.4, -0.2) is 45.6 Å². The molecule has 4 aromatic carbocycles. The summed E-state index contributed by atoms with van der Waals surface area (Å²) in [4.78, 5) is 24.3. The third kappa shape index (κ3) is 6.59. The molecule has 0 radical (unpaired) electrons. The number of benzene rings is 4. The highest BCUT2D eigenvalue weighted by Crippen LogP contribution is 2.50. The van der Waals surface area contributed by atoms with E-state index < -0.39 is 5.97 Å². The first kappa shape index (κ1) is 31.2. The van der Waals surface area contributed by atoms with Crippen LogP contribution in [0.25, 0.3) is 11.1 Å². The lowest BCUT2D eigenvalue weighted by Crippen LogP contribution is -2.44. The molecule has 0 N–H and O–H groups in total. The predicted molar refractivity (Wildman–Crippen MR) is 176 cm³/mol. The van der Waals surface area contributed by atoms with Crippen LogP contribution in [-0.2, 0) is 26.4 Å². The van der Waals surface area contributed by atoms with E-state index in [2.05, 4.69) is 33.8 Å². The van der Waals surface area contributed by atoms with Gasteiger partial charge in [0.1, 0.15) is 23.9 Å². The first-order chi connectivity index (χ1) is 22.6. The molecule has 8 nitrogen and oxygen atoms in total. The van der Waals surface area contributed by atoms with Gasteiger partial charge in [-0.3, -0.25) is 0 Å². The minimum Gasteiger partial charge on any atom is -0.493 e. The maximum Gasteiger partial charge on any atom is 0.343 e. The Morgan fingerprint density at radius 1 is 0.638 bits per heavy atom. The molecule has 2 fully saturated rings. The molecule has 0 bridgehead atoms. The molecule has 8 heteroatoms. The molecule has 0 unspecified atom stereocenters. The van der Waals surface area contributed by atoms with Gasteiger partial charge < -0.3 is 28.6 Å². The molecule has 0 aromatic heterocycles. The van der Waals surface area contributed by atoms with Gasteiger partial charge in [-0.1, -0.05) is 52.0 Å². The lowest BCUT2D eigenvalue weighted by molar-refractivity contribution is -0.217. The Balaban J connectivity index is 0.946. The van der Waals surface area contributed by atoms with Crippen molar-refractivity contribution in [1.29, 1.82) is 0 Å². The van der Waals surface area contributed by atoms with Crippen molar-refractivity contribution in [1.82, 2.24) is 0 Å². The smallest absolute Gasteiger partial charge is 0.343 e. The second-order valence-electron chi connectivity index (χ2n) is 14.1. The van der Waals surface area contributed by atoms with E-state index in [1.54, 1.807) is 24.3 Å². The van der Waals surface area contributed by atoms with Crippen molar-refractivity contribution in [3.05, 3.63) is 107 Å². The summed E-state index contributed by atoms with van der Waals surface area (Å²) in [5.41, 5.74) is 5.65. The number of ether oxygens (including phenoxy) is 5. The van der Waals surface area contributed by atoms with E-state index in [4.69, 9.17) is 33.5 Å². The Morgan fingerprint density at radius 3 is 1.66 bits per heavy atom. The van der Waals surface area contributed by atoms with Gasteiger partial charge in [0.25, 0.3) is 0 Å². The minimum absolute atomic E-state index is 0.0506. The van der Waals surface area contributed by atoms with Crippen LogP contribution in [0.15, 0.2) is 84.9 Å². The van der Waals surface area contributed by atoms with Crippen molar-refractivity contribution < 1.29 is 38.3 Å². The summed E-state index contributed by atoms with van der Waals surface area (Å²) in [6, 6.07) is 26.7. The number of rotatable bonds is 12. The van der Waals surface area contributed by atoms with Gasteiger partial charge in [-0.15, -0.1) is 0 Å². The quantitative estimate of drug-likeness (QED) is 0.0683. The molecule has 244 valence electrons. The SMILES string of the molecule is CC1(COc2ccc(COOc3ccc4c(c3)C(C)(C)c3cc(OC(=O)c5ccc(OCC6(C)COC6)cc5)ccc3-4)cc2)COC1. The molecule has 0 amide bonds. The van der Waals surface area contributed by atoms with E-state index >= 15 is 0 Å². The molecule has 7 rings (SSSR count).